The summed E-state index contributed by atoms with van der Waals surface area (Å²) < 4.78 is 0. The zero-order valence-electron chi connectivity index (χ0n) is 12.0. The second-order valence-electron chi connectivity index (χ2n) is 6.14. The first-order chi connectivity index (χ1) is 9.83. The van der Waals surface area contributed by atoms with Crippen LogP contribution in [0.1, 0.15) is 37.3 Å². The fourth-order valence-corrected chi connectivity index (χ4v) is 3.79. The number of pyridine rings is 1. The largest absolute Gasteiger partial charge is 0.317 e. The van der Waals surface area contributed by atoms with Crippen molar-refractivity contribution in [2.45, 2.75) is 31.6 Å². The number of hydrogen-bond acceptors (Lipinski definition) is 3. The molecule has 0 radical (unpaired) electrons. The molecule has 0 saturated carbocycles. The summed E-state index contributed by atoms with van der Waals surface area (Å²) in [5.41, 5.74) is 1.11. The van der Waals surface area contributed by atoms with E-state index in [4.69, 9.17) is 11.6 Å². The molecule has 20 heavy (non-hydrogen) atoms. The molecule has 2 saturated heterocycles. The second kappa shape index (κ2) is 6.88. The average Bonchev–Trinajstić information content (AvgIpc) is 2.50. The van der Waals surface area contributed by atoms with E-state index in [1.54, 1.807) is 0 Å². The molecule has 1 aromatic heterocycles. The summed E-state index contributed by atoms with van der Waals surface area (Å²) in [5.74, 6) is 1.44. The van der Waals surface area contributed by atoms with E-state index in [-0.39, 0.29) is 0 Å². The van der Waals surface area contributed by atoms with Gasteiger partial charge in [0.2, 0.25) is 0 Å². The lowest BCUT2D eigenvalue weighted by Crippen LogP contribution is -2.40. The van der Waals surface area contributed by atoms with Crippen molar-refractivity contribution in [1.82, 2.24) is 15.2 Å². The van der Waals surface area contributed by atoms with E-state index >= 15 is 0 Å². The van der Waals surface area contributed by atoms with Crippen LogP contribution in [-0.4, -0.2) is 42.6 Å². The first-order valence-corrected chi connectivity index (χ1v) is 8.24. The normalized spacial score (nSPS) is 23.1. The first kappa shape index (κ1) is 14.3. The molecule has 0 aromatic carbocycles. The molecule has 3 heterocycles. The van der Waals surface area contributed by atoms with Gasteiger partial charge < -0.3 is 10.2 Å². The van der Waals surface area contributed by atoms with Gasteiger partial charge in [-0.2, -0.15) is 0 Å². The summed E-state index contributed by atoms with van der Waals surface area (Å²) in [6.07, 6.45) is 6.93. The third-order valence-corrected chi connectivity index (χ3v) is 5.06. The van der Waals surface area contributed by atoms with E-state index < -0.39 is 0 Å². The van der Waals surface area contributed by atoms with Gasteiger partial charge in [-0.05, 0) is 69.9 Å². The highest BCUT2D eigenvalue weighted by Crippen LogP contribution is 2.31. The van der Waals surface area contributed by atoms with Crippen LogP contribution in [-0.2, 0) is 0 Å². The lowest BCUT2D eigenvalue weighted by atomic mass is 9.91. The van der Waals surface area contributed by atoms with E-state index in [1.165, 1.54) is 58.4 Å². The van der Waals surface area contributed by atoms with Gasteiger partial charge >= 0.3 is 0 Å². The Labute approximate surface area is 126 Å². The standard InChI is InChI=1S/C16H24ClN3/c17-15-2-1-7-19-16(15)14-5-10-20(11-6-14)12-13-3-8-18-9-4-13/h1-2,7,13-14,18H,3-6,8-12H2. The average molecular weight is 294 g/mol. The first-order valence-electron chi connectivity index (χ1n) is 7.86. The van der Waals surface area contributed by atoms with E-state index in [0.29, 0.717) is 5.92 Å². The molecule has 2 aliphatic rings. The van der Waals surface area contributed by atoms with Gasteiger partial charge in [0, 0.05) is 18.7 Å². The molecule has 110 valence electrons. The SMILES string of the molecule is Clc1cccnc1C1CCN(CC2CCNCC2)CC1. The van der Waals surface area contributed by atoms with Gasteiger partial charge in [-0.1, -0.05) is 11.6 Å². The highest BCUT2D eigenvalue weighted by molar-refractivity contribution is 6.31. The summed E-state index contributed by atoms with van der Waals surface area (Å²) in [5, 5.41) is 4.28. The Balaban J connectivity index is 1.50. The number of rotatable bonds is 3. The van der Waals surface area contributed by atoms with E-state index in [2.05, 4.69) is 15.2 Å². The monoisotopic (exact) mass is 293 g/mol. The van der Waals surface area contributed by atoms with Crippen molar-refractivity contribution < 1.29 is 0 Å². The minimum atomic E-state index is 0.549. The van der Waals surface area contributed by atoms with Gasteiger partial charge in [-0.3, -0.25) is 4.98 Å². The van der Waals surface area contributed by atoms with Crippen molar-refractivity contribution in [3.8, 4) is 0 Å². The minimum absolute atomic E-state index is 0.549. The van der Waals surface area contributed by atoms with Crippen molar-refractivity contribution in [3.63, 3.8) is 0 Å². The van der Waals surface area contributed by atoms with Crippen LogP contribution < -0.4 is 5.32 Å². The molecule has 4 heteroatoms. The molecular weight excluding hydrogens is 270 g/mol. The molecule has 0 spiro atoms. The summed E-state index contributed by atoms with van der Waals surface area (Å²) in [7, 11) is 0. The Kier molecular flexibility index (Phi) is 4.92. The fourth-order valence-electron chi connectivity index (χ4n) is 3.52. The molecule has 1 aromatic rings. The molecule has 3 rings (SSSR count). The van der Waals surface area contributed by atoms with Crippen molar-refractivity contribution in [2.24, 2.45) is 5.92 Å². The maximum absolute atomic E-state index is 6.27. The summed E-state index contributed by atoms with van der Waals surface area (Å²) in [6.45, 7) is 6.07. The van der Waals surface area contributed by atoms with Gasteiger partial charge in [0.25, 0.3) is 0 Å². The van der Waals surface area contributed by atoms with Crippen LogP contribution >= 0.6 is 11.6 Å². The van der Waals surface area contributed by atoms with Gasteiger partial charge in [0.15, 0.2) is 0 Å². The van der Waals surface area contributed by atoms with Crippen molar-refractivity contribution in [1.29, 1.82) is 0 Å². The third kappa shape index (κ3) is 3.51. The van der Waals surface area contributed by atoms with Crippen molar-refractivity contribution in [2.75, 3.05) is 32.7 Å². The quantitative estimate of drug-likeness (QED) is 0.929. The van der Waals surface area contributed by atoms with E-state index in [9.17, 15) is 0 Å². The number of nitrogens with zero attached hydrogens (tertiary/aromatic N) is 2. The zero-order valence-corrected chi connectivity index (χ0v) is 12.8. The van der Waals surface area contributed by atoms with E-state index in [1.807, 2.05) is 18.3 Å². The van der Waals surface area contributed by atoms with Crippen LogP contribution in [0.4, 0.5) is 0 Å². The number of aromatic nitrogens is 1. The van der Waals surface area contributed by atoms with Crippen molar-refractivity contribution >= 4 is 11.6 Å². The molecule has 0 bridgehead atoms. The van der Waals surface area contributed by atoms with Crippen LogP contribution in [0.15, 0.2) is 18.3 Å². The number of nitrogens with one attached hydrogen (secondary N) is 1. The summed E-state index contributed by atoms with van der Waals surface area (Å²) >= 11 is 6.27. The Morgan fingerprint density at radius 3 is 2.65 bits per heavy atom. The second-order valence-corrected chi connectivity index (χ2v) is 6.55. The predicted molar refractivity (Wildman–Crippen MR) is 83.3 cm³/mol. The van der Waals surface area contributed by atoms with Crippen LogP contribution in [0.3, 0.4) is 0 Å². The molecule has 0 aliphatic carbocycles. The fraction of sp³-hybridized carbons (Fsp3) is 0.688. The number of halogens is 1. The highest BCUT2D eigenvalue weighted by atomic mass is 35.5. The van der Waals surface area contributed by atoms with Crippen molar-refractivity contribution in [3.05, 3.63) is 29.0 Å². The maximum Gasteiger partial charge on any atom is 0.0624 e. The molecule has 1 N–H and O–H groups in total. The molecule has 0 amide bonds. The van der Waals surface area contributed by atoms with Gasteiger partial charge in [0.05, 0.1) is 10.7 Å². The highest BCUT2D eigenvalue weighted by Gasteiger charge is 2.25. The smallest absolute Gasteiger partial charge is 0.0624 e. The van der Waals surface area contributed by atoms with Crippen LogP contribution in [0.25, 0.3) is 0 Å². The predicted octanol–water partition coefficient (Wildman–Crippen LogP) is 2.91. The van der Waals surface area contributed by atoms with Gasteiger partial charge in [-0.15, -0.1) is 0 Å². The molecule has 0 atom stereocenters. The molecule has 2 aliphatic heterocycles. The van der Waals surface area contributed by atoms with E-state index in [0.717, 1.165) is 16.6 Å². The lowest BCUT2D eigenvalue weighted by molar-refractivity contribution is 0.166. The van der Waals surface area contributed by atoms with Crippen LogP contribution in [0.5, 0.6) is 0 Å². The zero-order chi connectivity index (χ0) is 13.8. The van der Waals surface area contributed by atoms with Gasteiger partial charge in [-0.25, -0.2) is 0 Å². The Hall–Kier alpha value is -0.640. The Bertz CT molecular complexity index is 423. The lowest BCUT2D eigenvalue weighted by Gasteiger charge is -2.35. The molecule has 2 fully saturated rings. The molecule has 0 unspecified atom stereocenters. The molecular formula is C16H24ClN3. The number of likely N-dealkylation sites (tertiary alicyclic amines) is 1. The third-order valence-electron chi connectivity index (χ3n) is 4.74. The Morgan fingerprint density at radius 1 is 1.20 bits per heavy atom. The number of hydrogen-bond donors (Lipinski definition) is 1. The van der Waals surface area contributed by atoms with Crippen LogP contribution in [0.2, 0.25) is 5.02 Å². The minimum Gasteiger partial charge on any atom is -0.317 e. The van der Waals surface area contributed by atoms with Crippen LogP contribution in [0, 0.1) is 5.92 Å². The maximum atomic E-state index is 6.27. The van der Waals surface area contributed by atoms with Gasteiger partial charge in [0.1, 0.15) is 0 Å². The number of piperidine rings is 2. The topological polar surface area (TPSA) is 28.2 Å². The molecule has 3 nitrogen and oxygen atoms in total. The Morgan fingerprint density at radius 2 is 1.95 bits per heavy atom. The summed E-state index contributed by atoms with van der Waals surface area (Å²) in [6, 6.07) is 3.88. The summed E-state index contributed by atoms with van der Waals surface area (Å²) in [4.78, 5) is 7.13.